The second kappa shape index (κ2) is 8.35. The summed E-state index contributed by atoms with van der Waals surface area (Å²) < 4.78 is 5.60. The minimum Gasteiger partial charge on any atom is -0.491 e. The van der Waals surface area contributed by atoms with Gasteiger partial charge in [0, 0.05) is 12.0 Å². The van der Waals surface area contributed by atoms with E-state index in [4.69, 9.17) is 4.74 Å². The van der Waals surface area contributed by atoms with E-state index in [0.717, 1.165) is 19.3 Å². The number of carbonyl (C=O) groups is 2. The predicted molar refractivity (Wildman–Crippen MR) is 80.4 cm³/mol. The van der Waals surface area contributed by atoms with Gasteiger partial charge in [-0.25, -0.2) is 0 Å². The maximum absolute atomic E-state index is 11.8. The number of hydrogen-bond donors (Lipinski definition) is 1. The molecule has 1 N–H and O–H groups in total. The Morgan fingerprint density at radius 1 is 1.20 bits per heavy atom. The highest BCUT2D eigenvalue weighted by Gasteiger charge is 2.10. The molecule has 1 aromatic carbocycles. The number of Topliss-reactive ketones (excluding diaryl/α,β-unsaturated/α-hetero) is 1. The summed E-state index contributed by atoms with van der Waals surface area (Å²) in [4.78, 5) is 23.3. The second-order valence-corrected chi connectivity index (χ2v) is 4.77. The summed E-state index contributed by atoms with van der Waals surface area (Å²) in [6.07, 6.45) is 3.19. The molecule has 110 valence electrons. The molecule has 4 nitrogen and oxygen atoms in total. The Bertz CT molecular complexity index is 469. The average molecular weight is 277 g/mol. The Balaban J connectivity index is 2.89. The van der Waals surface area contributed by atoms with Crippen LogP contribution in [0.3, 0.4) is 0 Å². The van der Waals surface area contributed by atoms with Crippen LogP contribution in [0, 0.1) is 0 Å². The molecular weight excluding hydrogens is 254 g/mol. The van der Waals surface area contributed by atoms with Gasteiger partial charge in [-0.2, -0.15) is 0 Å². The van der Waals surface area contributed by atoms with Gasteiger partial charge in [0.2, 0.25) is 5.91 Å². The molecule has 0 saturated heterocycles. The normalized spacial score (nSPS) is 10.2. The summed E-state index contributed by atoms with van der Waals surface area (Å²) in [5.41, 5.74) is 1.15. The molecule has 1 aromatic rings. The van der Waals surface area contributed by atoms with E-state index < -0.39 is 0 Å². The Labute approximate surface area is 120 Å². The number of nitrogens with one attached hydrogen (secondary N) is 1. The molecular formula is C16H23NO3. The van der Waals surface area contributed by atoms with Crippen molar-refractivity contribution in [1.82, 2.24) is 0 Å². The second-order valence-electron chi connectivity index (χ2n) is 4.77. The SMILES string of the molecule is CCCCC(=O)Nc1cc(C(C)=O)ccc1OCCC. The van der Waals surface area contributed by atoms with Crippen molar-refractivity contribution >= 4 is 17.4 Å². The largest absolute Gasteiger partial charge is 0.491 e. The molecule has 0 heterocycles. The molecule has 1 rings (SSSR count). The summed E-state index contributed by atoms with van der Waals surface area (Å²) in [5, 5.41) is 2.83. The fraction of sp³-hybridized carbons (Fsp3) is 0.500. The molecule has 0 aliphatic carbocycles. The number of ketones is 1. The highest BCUT2D eigenvalue weighted by atomic mass is 16.5. The number of anilines is 1. The number of amides is 1. The number of carbonyl (C=O) groups excluding carboxylic acids is 2. The zero-order valence-electron chi connectivity index (χ0n) is 12.5. The van der Waals surface area contributed by atoms with E-state index in [2.05, 4.69) is 5.32 Å². The first-order chi connectivity index (χ1) is 9.58. The van der Waals surface area contributed by atoms with Crippen LogP contribution in [-0.4, -0.2) is 18.3 Å². The summed E-state index contributed by atoms with van der Waals surface area (Å²) in [6, 6.07) is 5.13. The molecule has 0 radical (unpaired) electrons. The van der Waals surface area contributed by atoms with Crippen molar-refractivity contribution in [2.24, 2.45) is 0 Å². The number of hydrogen-bond acceptors (Lipinski definition) is 3. The third kappa shape index (κ3) is 5.03. The van der Waals surface area contributed by atoms with Crippen molar-refractivity contribution in [2.45, 2.75) is 46.5 Å². The average Bonchev–Trinajstić information content (AvgIpc) is 2.43. The van der Waals surface area contributed by atoms with Gasteiger partial charge in [0.1, 0.15) is 5.75 Å². The summed E-state index contributed by atoms with van der Waals surface area (Å²) in [6.45, 7) is 6.14. The molecule has 0 atom stereocenters. The first kappa shape index (κ1) is 16.2. The highest BCUT2D eigenvalue weighted by Crippen LogP contribution is 2.26. The van der Waals surface area contributed by atoms with Gasteiger partial charge in [0.25, 0.3) is 0 Å². The third-order valence-corrected chi connectivity index (χ3v) is 2.88. The third-order valence-electron chi connectivity index (χ3n) is 2.88. The van der Waals surface area contributed by atoms with Gasteiger partial charge in [0.15, 0.2) is 5.78 Å². The molecule has 0 bridgehead atoms. The van der Waals surface area contributed by atoms with Crippen LogP contribution in [0.25, 0.3) is 0 Å². The van der Waals surface area contributed by atoms with Gasteiger partial charge in [0.05, 0.1) is 12.3 Å². The standard InChI is InChI=1S/C16H23NO3/c1-4-6-7-16(19)17-14-11-13(12(3)18)8-9-15(14)20-10-5-2/h8-9,11H,4-7,10H2,1-3H3,(H,17,19). The lowest BCUT2D eigenvalue weighted by atomic mass is 10.1. The summed E-state index contributed by atoms with van der Waals surface area (Å²) in [5.74, 6) is 0.534. The molecule has 0 unspecified atom stereocenters. The van der Waals surface area contributed by atoms with Gasteiger partial charge in [-0.15, -0.1) is 0 Å². The minimum atomic E-state index is -0.0473. The van der Waals surface area contributed by atoms with Crippen molar-refractivity contribution in [3.05, 3.63) is 23.8 Å². The lowest BCUT2D eigenvalue weighted by molar-refractivity contribution is -0.116. The molecule has 0 aliphatic rings. The summed E-state index contributed by atoms with van der Waals surface area (Å²) in [7, 11) is 0. The van der Waals surface area contributed by atoms with Crippen LogP contribution >= 0.6 is 0 Å². The van der Waals surface area contributed by atoms with Gasteiger partial charge < -0.3 is 10.1 Å². The molecule has 1 amide bonds. The Morgan fingerprint density at radius 3 is 2.55 bits per heavy atom. The Kier molecular flexibility index (Phi) is 6.77. The van der Waals surface area contributed by atoms with E-state index in [-0.39, 0.29) is 11.7 Å². The van der Waals surface area contributed by atoms with Crippen molar-refractivity contribution in [3.8, 4) is 5.75 Å². The maximum atomic E-state index is 11.8. The van der Waals surface area contributed by atoms with E-state index in [0.29, 0.717) is 30.0 Å². The van der Waals surface area contributed by atoms with Crippen LogP contribution in [0.15, 0.2) is 18.2 Å². The Morgan fingerprint density at radius 2 is 1.95 bits per heavy atom. The molecule has 0 saturated carbocycles. The molecule has 4 heteroatoms. The minimum absolute atomic E-state index is 0.0314. The number of rotatable bonds is 8. The van der Waals surface area contributed by atoms with E-state index in [9.17, 15) is 9.59 Å². The molecule has 0 aliphatic heterocycles. The van der Waals surface area contributed by atoms with Crippen molar-refractivity contribution in [1.29, 1.82) is 0 Å². The van der Waals surface area contributed by atoms with Crippen LogP contribution < -0.4 is 10.1 Å². The van der Waals surface area contributed by atoms with Gasteiger partial charge in [-0.1, -0.05) is 20.3 Å². The van der Waals surface area contributed by atoms with Gasteiger partial charge >= 0.3 is 0 Å². The maximum Gasteiger partial charge on any atom is 0.224 e. The van der Waals surface area contributed by atoms with Crippen LogP contribution in [0.5, 0.6) is 5.75 Å². The van der Waals surface area contributed by atoms with Gasteiger partial charge in [-0.3, -0.25) is 9.59 Å². The topological polar surface area (TPSA) is 55.4 Å². The number of unbranched alkanes of at least 4 members (excludes halogenated alkanes) is 1. The zero-order valence-corrected chi connectivity index (χ0v) is 12.5. The van der Waals surface area contributed by atoms with E-state index >= 15 is 0 Å². The van der Waals surface area contributed by atoms with Crippen LogP contribution in [0.4, 0.5) is 5.69 Å². The van der Waals surface area contributed by atoms with E-state index in [1.165, 1.54) is 6.92 Å². The van der Waals surface area contributed by atoms with Gasteiger partial charge in [-0.05, 0) is 38.0 Å². The quantitative estimate of drug-likeness (QED) is 0.735. The van der Waals surface area contributed by atoms with Crippen LogP contribution in [0.1, 0.15) is 56.8 Å². The van der Waals surface area contributed by atoms with Crippen LogP contribution in [-0.2, 0) is 4.79 Å². The predicted octanol–water partition coefficient (Wildman–Crippen LogP) is 3.81. The van der Waals surface area contributed by atoms with Crippen molar-refractivity contribution in [2.75, 3.05) is 11.9 Å². The fourth-order valence-corrected chi connectivity index (χ4v) is 1.73. The number of ether oxygens (including phenoxy) is 1. The monoisotopic (exact) mass is 277 g/mol. The van der Waals surface area contributed by atoms with Crippen molar-refractivity contribution in [3.63, 3.8) is 0 Å². The molecule has 0 fully saturated rings. The number of benzene rings is 1. The lowest BCUT2D eigenvalue weighted by Gasteiger charge is -2.13. The lowest BCUT2D eigenvalue weighted by Crippen LogP contribution is -2.13. The Hall–Kier alpha value is -1.84. The molecule has 0 spiro atoms. The van der Waals surface area contributed by atoms with E-state index in [1.54, 1.807) is 18.2 Å². The zero-order chi connectivity index (χ0) is 15.0. The van der Waals surface area contributed by atoms with Crippen molar-refractivity contribution < 1.29 is 14.3 Å². The molecule has 20 heavy (non-hydrogen) atoms. The molecule has 0 aromatic heterocycles. The van der Waals surface area contributed by atoms with E-state index in [1.807, 2.05) is 13.8 Å². The summed E-state index contributed by atoms with van der Waals surface area (Å²) >= 11 is 0. The fourth-order valence-electron chi connectivity index (χ4n) is 1.73. The van der Waals surface area contributed by atoms with Crippen LogP contribution in [0.2, 0.25) is 0 Å². The highest BCUT2D eigenvalue weighted by molar-refractivity contribution is 5.98. The first-order valence-electron chi connectivity index (χ1n) is 7.16. The first-order valence-corrected chi connectivity index (χ1v) is 7.16. The smallest absolute Gasteiger partial charge is 0.224 e.